The van der Waals surface area contributed by atoms with Gasteiger partial charge in [0.25, 0.3) is 0 Å². The number of carboxylic acid groups (broad SMARTS) is 1. The van der Waals surface area contributed by atoms with Crippen LogP contribution in [0.4, 0.5) is 23.2 Å². The summed E-state index contributed by atoms with van der Waals surface area (Å²) in [5.74, 6) is -1.85. The minimum absolute atomic E-state index is 0.210. The van der Waals surface area contributed by atoms with E-state index in [1.807, 2.05) is 0 Å². The van der Waals surface area contributed by atoms with E-state index in [1.165, 1.54) is 25.1 Å². The van der Waals surface area contributed by atoms with E-state index < -0.39 is 29.9 Å². The molecule has 0 fully saturated rings. The van der Waals surface area contributed by atoms with Crippen LogP contribution in [0, 0.1) is 5.82 Å². The van der Waals surface area contributed by atoms with Gasteiger partial charge < -0.3 is 10.4 Å². The van der Waals surface area contributed by atoms with Crippen molar-refractivity contribution in [2.24, 2.45) is 0 Å². The largest absolute Gasteiger partial charge is 0.480 e. The highest BCUT2D eigenvalue weighted by atomic mass is 19.4. The number of nitrogens with one attached hydrogen (secondary N) is 1. The molecule has 3 nitrogen and oxygen atoms in total. The van der Waals surface area contributed by atoms with Gasteiger partial charge in [0, 0.05) is 12.1 Å². The molecule has 20 heavy (non-hydrogen) atoms. The summed E-state index contributed by atoms with van der Waals surface area (Å²) in [4.78, 5) is 11.2. The van der Waals surface area contributed by atoms with E-state index in [-0.39, 0.29) is 18.5 Å². The summed E-state index contributed by atoms with van der Waals surface area (Å²) in [5.41, 5.74) is -1.37. The van der Waals surface area contributed by atoms with Gasteiger partial charge in [-0.05, 0) is 38.0 Å². The van der Waals surface area contributed by atoms with Crippen LogP contribution in [-0.2, 0) is 4.79 Å². The molecule has 1 aromatic rings. The molecule has 1 unspecified atom stereocenters. The third-order valence-electron chi connectivity index (χ3n) is 2.85. The van der Waals surface area contributed by atoms with Crippen molar-refractivity contribution in [2.75, 3.05) is 5.32 Å². The molecule has 1 atom stereocenters. The maximum atomic E-state index is 13.0. The minimum Gasteiger partial charge on any atom is -0.480 e. The topological polar surface area (TPSA) is 49.3 Å². The molecule has 0 amide bonds. The first-order valence-corrected chi connectivity index (χ1v) is 5.96. The molecule has 0 aliphatic carbocycles. The molecule has 7 heteroatoms. The summed E-state index contributed by atoms with van der Waals surface area (Å²) in [5, 5.41) is 11.7. The fourth-order valence-corrected chi connectivity index (χ4v) is 1.75. The number of carbonyl (C=O) groups is 1. The van der Waals surface area contributed by atoms with E-state index in [1.54, 1.807) is 0 Å². The normalized spacial score (nSPS) is 14.7. The lowest BCUT2D eigenvalue weighted by molar-refractivity contribution is -0.145. The first-order chi connectivity index (χ1) is 9.12. The van der Waals surface area contributed by atoms with Crippen molar-refractivity contribution >= 4 is 11.7 Å². The molecule has 0 radical (unpaired) electrons. The zero-order chi connectivity index (χ0) is 15.4. The van der Waals surface area contributed by atoms with Gasteiger partial charge in [0.1, 0.15) is 11.4 Å². The Hall–Kier alpha value is -1.79. The van der Waals surface area contributed by atoms with Gasteiger partial charge in [0.15, 0.2) is 0 Å². The summed E-state index contributed by atoms with van der Waals surface area (Å²) in [6.07, 6.45) is -5.92. The number of carboxylic acids is 1. The molecule has 0 bridgehead atoms. The molecule has 0 aromatic heterocycles. The maximum absolute atomic E-state index is 13.0. The maximum Gasteiger partial charge on any atom is 0.389 e. The van der Waals surface area contributed by atoms with E-state index in [0.717, 1.165) is 6.07 Å². The molecule has 1 rings (SSSR count). The van der Waals surface area contributed by atoms with E-state index in [4.69, 9.17) is 5.11 Å². The van der Waals surface area contributed by atoms with Gasteiger partial charge >= 0.3 is 12.1 Å². The van der Waals surface area contributed by atoms with Crippen LogP contribution in [0.25, 0.3) is 0 Å². The Kier molecular flexibility index (Phi) is 4.97. The van der Waals surface area contributed by atoms with Crippen molar-refractivity contribution in [2.45, 2.75) is 37.9 Å². The summed E-state index contributed by atoms with van der Waals surface area (Å²) in [6.45, 7) is 1.27. The Morgan fingerprint density at radius 1 is 1.30 bits per heavy atom. The summed E-state index contributed by atoms with van der Waals surface area (Å²) < 4.78 is 49.3. The third kappa shape index (κ3) is 5.07. The van der Waals surface area contributed by atoms with Crippen LogP contribution in [0.15, 0.2) is 24.3 Å². The Morgan fingerprint density at radius 3 is 2.45 bits per heavy atom. The number of hydrogen-bond donors (Lipinski definition) is 2. The molecule has 0 saturated carbocycles. The fraction of sp³-hybridized carbons (Fsp3) is 0.462. The highest BCUT2D eigenvalue weighted by Crippen LogP contribution is 2.27. The quantitative estimate of drug-likeness (QED) is 0.784. The molecule has 1 aromatic carbocycles. The van der Waals surface area contributed by atoms with Crippen LogP contribution >= 0.6 is 0 Å². The minimum atomic E-state index is -4.32. The smallest absolute Gasteiger partial charge is 0.389 e. The van der Waals surface area contributed by atoms with Gasteiger partial charge in [-0.25, -0.2) is 9.18 Å². The zero-order valence-corrected chi connectivity index (χ0v) is 10.8. The van der Waals surface area contributed by atoms with Gasteiger partial charge in [-0.2, -0.15) is 13.2 Å². The number of alkyl halides is 3. The number of rotatable bonds is 6. The second-order valence-electron chi connectivity index (χ2n) is 4.74. The number of benzene rings is 1. The van der Waals surface area contributed by atoms with E-state index in [0.29, 0.717) is 0 Å². The predicted molar refractivity (Wildman–Crippen MR) is 66.0 cm³/mol. The van der Waals surface area contributed by atoms with Crippen molar-refractivity contribution in [3.8, 4) is 0 Å². The molecule has 0 spiro atoms. The van der Waals surface area contributed by atoms with E-state index in [9.17, 15) is 22.4 Å². The first-order valence-electron chi connectivity index (χ1n) is 5.96. The zero-order valence-electron chi connectivity index (χ0n) is 10.8. The van der Waals surface area contributed by atoms with Crippen LogP contribution in [0.3, 0.4) is 0 Å². The van der Waals surface area contributed by atoms with Gasteiger partial charge in [0.05, 0.1) is 0 Å². The lowest BCUT2D eigenvalue weighted by Gasteiger charge is -2.27. The van der Waals surface area contributed by atoms with E-state index in [2.05, 4.69) is 5.32 Å². The second kappa shape index (κ2) is 6.11. The number of anilines is 1. The molecule has 112 valence electrons. The van der Waals surface area contributed by atoms with Crippen molar-refractivity contribution in [3.05, 3.63) is 30.1 Å². The van der Waals surface area contributed by atoms with Crippen molar-refractivity contribution in [1.29, 1.82) is 0 Å². The highest BCUT2D eigenvalue weighted by molar-refractivity contribution is 5.82. The van der Waals surface area contributed by atoms with Crippen molar-refractivity contribution in [1.82, 2.24) is 0 Å². The third-order valence-corrected chi connectivity index (χ3v) is 2.85. The Morgan fingerprint density at radius 2 is 1.95 bits per heavy atom. The monoisotopic (exact) mass is 293 g/mol. The Labute approximate surface area is 113 Å². The summed E-state index contributed by atoms with van der Waals surface area (Å²) in [7, 11) is 0. The van der Waals surface area contributed by atoms with E-state index >= 15 is 0 Å². The summed E-state index contributed by atoms with van der Waals surface area (Å²) >= 11 is 0. The van der Waals surface area contributed by atoms with Crippen molar-refractivity contribution < 1.29 is 27.5 Å². The second-order valence-corrected chi connectivity index (χ2v) is 4.74. The Balaban J connectivity index is 2.74. The number of aliphatic carboxylic acids is 1. The molecular weight excluding hydrogens is 278 g/mol. The predicted octanol–water partition coefficient (Wildman–Crippen LogP) is 3.81. The SMILES string of the molecule is CC(CCCC(F)(F)F)(Nc1cccc(F)c1)C(=O)O. The van der Waals surface area contributed by atoms with Gasteiger partial charge in [-0.3, -0.25) is 0 Å². The first kappa shape index (κ1) is 16.3. The van der Waals surface area contributed by atoms with Gasteiger partial charge in [-0.15, -0.1) is 0 Å². The van der Waals surface area contributed by atoms with Gasteiger partial charge in [-0.1, -0.05) is 6.07 Å². The molecule has 2 N–H and O–H groups in total. The average molecular weight is 293 g/mol. The molecule has 0 saturated heterocycles. The van der Waals surface area contributed by atoms with Crippen LogP contribution in [0.2, 0.25) is 0 Å². The highest BCUT2D eigenvalue weighted by Gasteiger charge is 2.35. The van der Waals surface area contributed by atoms with Crippen LogP contribution < -0.4 is 5.32 Å². The number of halogens is 4. The molecule has 0 aliphatic rings. The molecule has 0 aliphatic heterocycles. The fourth-order valence-electron chi connectivity index (χ4n) is 1.75. The van der Waals surface area contributed by atoms with Crippen LogP contribution in [0.1, 0.15) is 26.2 Å². The lowest BCUT2D eigenvalue weighted by Crippen LogP contribution is -2.43. The standard InChI is InChI=1S/C13H15F4NO2/c1-12(11(19)20,6-3-7-13(15,16)17)18-10-5-2-4-9(14)8-10/h2,4-5,8,18H,3,6-7H2,1H3,(H,19,20). The summed E-state index contributed by atoms with van der Waals surface area (Å²) in [6, 6.07) is 5.11. The average Bonchev–Trinajstić information content (AvgIpc) is 2.26. The number of hydrogen-bond acceptors (Lipinski definition) is 2. The van der Waals surface area contributed by atoms with Crippen LogP contribution in [-0.4, -0.2) is 22.8 Å². The van der Waals surface area contributed by atoms with Gasteiger partial charge in [0.2, 0.25) is 0 Å². The lowest BCUT2D eigenvalue weighted by atomic mass is 9.94. The van der Waals surface area contributed by atoms with Crippen LogP contribution in [0.5, 0.6) is 0 Å². The molecular formula is C13H15F4NO2. The Bertz CT molecular complexity index is 476. The molecule has 0 heterocycles. The van der Waals surface area contributed by atoms with Crippen molar-refractivity contribution in [3.63, 3.8) is 0 Å².